The van der Waals surface area contributed by atoms with E-state index in [4.69, 9.17) is 0 Å². The topological polar surface area (TPSA) is 89.9 Å². The summed E-state index contributed by atoms with van der Waals surface area (Å²) in [4.78, 5) is 38.8. The van der Waals surface area contributed by atoms with Crippen molar-refractivity contribution in [3.05, 3.63) is 29.8 Å². The zero-order chi connectivity index (χ0) is 18.7. The van der Waals surface area contributed by atoms with Crippen LogP contribution in [0.3, 0.4) is 0 Å². The molecule has 7 nitrogen and oxygen atoms in total. The number of carbonyl (C=O) groups excluding carboxylic acids is 2. The minimum absolute atomic E-state index is 0.163. The third-order valence-electron chi connectivity index (χ3n) is 5.05. The minimum atomic E-state index is -0.852. The lowest BCUT2D eigenvalue weighted by atomic mass is 9.91. The second-order valence-electron chi connectivity index (χ2n) is 7.33. The van der Waals surface area contributed by atoms with E-state index in [2.05, 4.69) is 5.32 Å². The normalized spacial score (nSPS) is 23.2. The standard InChI is InChI=1S/C19H25N3O4/c1-13-9-15(18(24)25)12-22(10-13)19(26)20-16-6-4-14(5-7-16)11-21-8-2-3-17(21)23/h4-7,13,15H,2-3,8-12H2,1H3,(H,20,26)(H,24,25). The molecule has 3 amide bonds. The van der Waals surface area contributed by atoms with Gasteiger partial charge in [-0.25, -0.2) is 4.79 Å². The molecular weight excluding hydrogens is 334 g/mol. The number of piperidine rings is 1. The fraction of sp³-hybridized carbons (Fsp3) is 0.526. The number of carbonyl (C=O) groups is 3. The number of carboxylic acids is 1. The summed E-state index contributed by atoms with van der Waals surface area (Å²) in [6, 6.07) is 7.16. The predicted molar refractivity (Wildman–Crippen MR) is 96.6 cm³/mol. The van der Waals surface area contributed by atoms with Crippen LogP contribution in [0.1, 0.15) is 31.7 Å². The van der Waals surface area contributed by atoms with Crippen molar-refractivity contribution in [1.82, 2.24) is 9.80 Å². The van der Waals surface area contributed by atoms with Crippen LogP contribution in [0, 0.1) is 11.8 Å². The van der Waals surface area contributed by atoms with Crippen LogP contribution in [0.4, 0.5) is 10.5 Å². The van der Waals surface area contributed by atoms with Crippen LogP contribution in [0.2, 0.25) is 0 Å². The minimum Gasteiger partial charge on any atom is -0.481 e. The molecule has 2 heterocycles. The van der Waals surface area contributed by atoms with E-state index in [1.807, 2.05) is 36.1 Å². The first-order chi connectivity index (χ1) is 12.4. The molecule has 0 spiro atoms. The van der Waals surface area contributed by atoms with Gasteiger partial charge in [0.1, 0.15) is 0 Å². The number of amides is 3. The van der Waals surface area contributed by atoms with E-state index < -0.39 is 11.9 Å². The van der Waals surface area contributed by atoms with Crippen LogP contribution in [0.15, 0.2) is 24.3 Å². The molecule has 2 aliphatic rings. The number of likely N-dealkylation sites (tertiary alicyclic amines) is 2. The third kappa shape index (κ3) is 4.33. The highest BCUT2D eigenvalue weighted by molar-refractivity contribution is 5.89. The molecule has 140 valence electrons. The average molecular weight is 359 g/mol. The van der Waals surface area contributed by atoms with Crippen molar-refractivity contribution < 1.29 is 19.5 Å². The van der Waals surface area contributed by atoms with Gasteiger partial charge in [0, 0.05) is 38.3 Å². The summed E-state index contributed by atoms with van der Waals surface area (Å²) in [6.45, 7) is 4.15. The van der Waals surface area contributed by atoms with E-state index in [-0.39, 0.29) is 24.4 Å². The van der Waals surface area contributed by atoms with Crippen molar-refractivity contribution in [2.45, 2.75) is 32.7 Å². The molecule has 2 atom stereocenters. The molecule has 2 aliphatic heterocycles. The van der Waals surface area contributed by atoms with Crippen molar-refractivity contribution in [1.29, 1.82) is 0 Å². The molecule has 3 rings (SSSR count). The second kappa shape index (κ2) is 7.76. The SMILES string of the molecule is CC1CC(C(=O)O)CN(C(=O)Nc2ccc(CN3CCCC3=O)cc2)C1. The molecule has 2 fully saturated rings. The largest absolute Gasteiger partial charge is 0.481 e. The van der Waals surface area contributed by atoms with Crippen molar-refractivity contribution >= 4 is 23.6 Å². The maximum absolute atomic E-state index is 12.5. The Morgan fingerprint density at radius 1 is 1.23 bits per heavy atom. The van der Waals surface area contributed by atoms with E-state index in [9.17, 15) is 19.5 Å². The molecule has 2 N–H and O–H groups in total. The number of carboxylic acid groups (broad SMARTS) is 1. The number of hydrogen-bond donors (Lipinski definition) is 2. The van der Waals surface area contributed by atoms with Crippen molar-refractivity contribution in [3.8, 4) is 0 Å². The first kappa shape index (κ1) is 18.2. The number of nitrogens with zero attached hydrogens (tertiary/aromatic N) is 2. The van der Waals surface area contributed by atoms with Crippen LogP contribution in [-0.4, -0.2) is 52.4 Å². The van der Waals surface area contributed by atoms with Gasteiger partial charge in [0.15, 0.2) is 0 Å². The Hall–Kier alpha value is -2.57. The van der Waals surface area contributed by atoms with Gasteiger partial charge >= 0.3 is 12.0 Å². The molecule has 0 aromatic heterocycles. The number of aliphatic carboxylic acids is 1. The van der Waals surface area contributed by atoms with Gasteiger partial charge in [0.2, 0.25) is 5.91 Å². The van der Waals surface area contributed by atoms with E-state index in [1.165, 1.54) is 0 Å². The molecule has 1 aromatic carbocycles. The smallest absolute Gasteiger partial charge is 0.321 e. The van der Waals surface area contributed by atoms with Gasteiger partial charge < -0.3 is 20.2 Å². The van der Waals surface area contributed by atoms with Crippen molar-refractivity contribution in [2.75, 3.05) is 25.0 Å². The van der Waals surface area contributed by atoms with Crippen LogP contribution >= 0.6 is 0 Å². The van der Waals surface area contributed by atoms with E-state index in [0.29, 0.717) is 31.6 Å². The highest BCUT2D eigenvalue weighted by Gasteiger charge is 2.31. The fourth-order valence-corrected chi connectivity index (χ4v) is 3.68. The Morgan fingerprint density at radius 2 is 1.96 bits per heavy atom. The van der Waals surface area contributed by atoms with E-state index >= 15 is 0 Å². The third-order valence-corrected chi connectivity index (χ3v) is 5.05. The molecule has 7 heteroatoms. The summed E-state index contributed by atoms with van der Waals surface area (Å²) < 4.78 is 0. The van der Waals surface area contributed by atoms with E-state index in [0.717, 1.165) is 18.5 Å². The molecule has 0 aliphatic carbocycles. The molecule has 1 aromatic rings. The van der Waals surface area contributed by atoms with Gasteiger partial charge in [-0.3, -0.25) is 9.59 Å². The second-order valence-corrected chi connectivity index (χ2v) is 7.33. The van der Waals surface area contributed by atoms with Crippen LogP contribution < -0.4 is 5.32 Å². The lowest BCUT2D eigenvalue weighted by Gasteiger charge is -2.34. The first-order valence-corrected chi connectivity index (χ1v) is 9.08. The van der Waals surface area contributed by atoms with Gasteiger partial charge in [0.05, 0.1) is 5.92 Å². The first-order valence-electron chi connectivity index (χ1n) is 9.08. The maximum Gasteiger partial charge on any atom is 0.321 e. The van der Waals surface area contributed by atoms with Crippen LogP contribution in [0.25, 0.3) is 0 Å². The zero-order valence-corrected chi connectivity index (χ0v) is 15.0. The Labute approximate surface area is 153 Å². The summed E-state index contributed by atoms with van der Waals surface area (Å²) >= 11 is 0. The van der Waals surface area contributed by atoms with E-state index in [1.54, 1.807) is 4.90 Å². The van der Waals surface area contributed by atoms with Crippen molar-refractivity contribution in [3.63, 3.8) is 0 Å². The summed E-state index contributed by atoms with van der Waals surface area (Å²) in [5.41, 5.74) is 1.69. The van der Waals surface area contributed by atoms with Crippen LogP contribution in [-0.2, 0) is 16.1 Å². The van der Waals surface area contributed by atoms with Gasteiger partial charge in [0.25, 0.3) is 0 Å². The number of hydrogen-bond acceptors (Lipinski definition) is 3. The summed E-state index contributed by atoms with van der Waals surface area (Å²) in [7, 11) is 0. The summed E-state index contributed by atoms with van der Waals surface area (Å²) in [5.74, 6) is -1.01. The highest BCUT2D eigenvalue weighted by Crippen LogP contribution is 2.23. The lowest BCUT2D eigenvalue weighted by molar-refractivity contribution is -0.143. The summed E-state index contributed by atoms with van der Waals surface area (Å²) in [6.07, 6.45) is 2.14. The van der Waals surface area contributed by atoms with Crippen molar-refractivity contribution in [2.24, 2.45) is 11.8 Å². The number of nitrogens with one attached hydrogen (secondary N) is 1. The number of anilines is 1. The molecule has 26 heavy (non-hydrogen) atoms. The molecular formula is C19H25N3O4. The summed E-state index contributed by atoms with van der Waals surface area (Å²) in [5, 5.41) is 12.1. The zero-order valence-electron chi connectivity index (χ0n) is 15.0. The molecule has 0 saturated carbocycles. The number of benzene rings is 1. The molecule has 0 radical (unpaired) electrons. The molecule has 2 saturated heterocycles. The van der Waals surface area contributed by atoms with Gasteiger partial charge in [-0.05, 0) is 36.5 Å². The quantitative estimate of drug-likeness (QED) is 0.864. The molecule has 0 bridgehead atoms. The predicted octanol–water partition coefficient (Wildman–Crippen LogP) is 2.38. The fourth-order valence-electron chi connectivity index (χ4n) is 3.68. The average Bonchev–Trinajstić information content (AvgIpc) is 3.01. The number of urea groups is 1. The Balaban J connectivity index is 1.57. The maximum atomic E-state index is 12.5. The van der Waals surface area contributed by atoms with Gasteiger partial charge in [-0.2, -0.15) is 0 Å². The van der Waals surface area contributed by atoms with Gasteiger partial charge in [-0.1, -0.05) is 19.1 Å². The van der Waals surface area contributed by atoms with Crippen LogP contribution in [0.5, 0.6) is 0 Å². The molecule has 2 unspecified atom stereocenters. The Morgan fingerprint density at radius 3 is 2.58 bits per heavy atom. The monoisotopic (exact) mass is 359 g/mol. The Kier molecular flexibility index (Phi) is 5.44. The number of rotatable bonds is 4. The lowest BCUT2D eigenvalue weighted by Crippen LogP contribution is -2.47. The highest BCUT2D eigenvalue weighted by atomic mass is 16.4. The Bertz CT molecular complexity index is 689. The van der Waals surface area contributed by atoms with Gasteiger partial charge in [-0.15, -0.1) is 0 Å².